The van der Waals surface area contributed by atoms with Crippen molar-refractivity contribution in [1.82, 2.24) is 4.98 Å². The van der Waals surface area contributed by atoms with E-state index in [1.54, 1.807) is 18.5 Å². The summed E-state index contributed by atoms with van der Waals surface area (Å²) in [7, 11) is 0. The summed E-state index contributed by atoms with van der Waals surface area (Å²) in [6.07, 6.45) is 22.7. The first-order chi connectivity index (χ1) is 12.3. The van der Waals surface area contributed by atoms with Gasteiger partial charge in [-0.05, 0) is 18.9 Å². The highest BCUT2D eigenvalue weighted by molar-refractivity contribution is 5.81. The fraction of sp³-hybridized carbons (Fsp3) is 0.636. The Labute approximate surface area is 153 Å². The highest BCUT2D eigenvalue weighted by Gasteiger charge is 1.98. The molecule has 0 saturated heterocycles. The van der Waals surface area contributed by atoms with Crippen molar-refractivity contribution in [2.24, 2.45) is 0 Å². The Morgan fingerprint density at radius 2 is 1.64 bits per heavy atom. The molecule has 0 aromatic carbocycles. The van der Waals surface area contributed by atoms with Crippen LogP contribution in [0.4, 0.5) is 0 Å². The third-order valence-corrected chi connectivity index (χ3v) is 4.33. The molecule has 1 rings (SSSR count). The number of hydrogen-bond acceptors (Lipinski definition) is 3. The molecular formula is C22H35NO2. The predicted molar refractivity (Wildman–Crippen MR) is 104 cm³/mol. The summed E-state index contributed by atoms with van der Waals surface area (Å²) in [5.74, 6) is -0.271. The van der Waals surface area contributed by atoms with Gasteiger partial charge >= 0.3 is 5.97 Å². The molecule has 0 bridgehead atoms. The smallest absolute Gasteiger partial charge is 0.330 e. The standard InChI is InChI=1S/C22H35NO2/c1-2-3-4-5-6-7-8-9-10-11-12-13-14-17-22(24)25-20-21-16-15-18-23-19-21/h14-19H,2-13,20H2,1H3/b17-14+. The van der Waals surface area contributed by atoms with Crippen LogP contribution in [0, 0.1) is 0 Å². The number of unbranched alkanes of at least 4 members (excludes halogenated alkanes) is 11. The molecule has 0 radical (unpaired) electrons. The molecule has 0 aliphatic heterocycles. The van der Waals surface area contributed by atoms with Gasteiger partial charge in [-0.15, -0.1) is 0 Å². The average molecular weight is 346 g/mol. The number of aromatic nitrogens is 1. The van der Waals surface area contributed by atoms with Gasteiger partial charge in [-0.2, -0.15) is 0 Å². The van der Waals surface area contributed by atoms with Crippen LogP contribution in [-0.4, -0.2) is 11.0 Å². The molecule has 1 aromatic heterocycles. The fourth-order valence-corrected chi connectivity index (χ4v) is 2.79. The van der Waals surface area contributed by atoms with E-state index in [-0.39, 0.29) is 12.6 Å². The van der Waals surface area contributed by atoms with Gasteiger partial charge in [0.2, 0.25) is 0 Å². The van der Waals surface area contributed by atoms with Gasteiger partial charge < -0.3 is 4.74 Å². The number of rotatable bonds is 15. The fourth-order valence-electron chi connectivity index (χ4n) is 2.79. The molecule has 0 atom stereocenters. The molecule has 1 aromatic rings. The first-order valence-corrected chi connectivity index (χ1v) is 10.0. The van der Waals surface area contributed by atoms with Gasteiger partial charge in [0.15, 0.2) is 0 Å². The molecule has 0 saturated carbocycles. The van der Waals surface area contributed by atoms with E-state index in [0.29, 0.717) is 0 Å². The monoisotopic (exact) mass is 345 g/mol. The summed E-state index contributed by atoms with van der Waals surface area (Å²) in [5, 5.41) is 0. The summed E-state index contributed by atoms with van der Waals surface area (Å²) < 4.78 is 5.17. The van der Waals surface area contributed by atoms with Gasteiger partial charge in [0.1, 0.15) is 6.61 Å². The van der Waals surface area contributed by atoms with Crippen molar-refractivity contribution in [1.29, 1.82) is 0 Å². The lowest BCUT2D eigenvalue weighted by molar-refractivity contribution is -0.139. The molecule has 25 heavy (non-hydrogen) atoms. The normalized spacial score (nSPS) is 11.1. The van der Waals surface area contributed by atoms with E-state index in [9.17, 15) is 4.79 Å². The van der Waals surface area contributed by atoms with Crippen LogP contribution in [0.25, 0.3) is 0 Å². The van der Waals surface area contributed by atoms with Crippen LogP contribution in [0.15, 0.2) is 36.7 Å². The Morgan fingerprint density at radius 3 is 2.24 bits per heavy atom. The van der Waals surface area contributed by atoms with Crippen molar-refractivity contribution >= 4 is 5.97 Å². The number of ether oxygens (including phenoxy) is 1. The minimum absolute atomic E-state index is 0.271. The largest absolute Gasteiger partial charge is 0.458 e. The average Bonchev–Trinajstić information content (AvgIpc) is 2.64. The Morgan fingerprint density at radius 1 is 1.00 bits per heavy atom. The van der Waals surface area contributed by atoms with Gasteiger partial charge in [0, 0.05) is 24.0 Å². The van der Waals surface area contributed by atoms with Gasteiger partial charge in [0.05, 0.1) is 0 Å². The van der Waals surface area contributed by atoms with Crippen molar-refractivity contribution in [3.05, 3.63) is 42.2 Å². The topological polar surface area (TPSA) is 39.2 Å². The molecule has 0 aliphatic rings. The molecule has 0 N–H and O–H groups in total. The number of esters is 1. The third kappa shape index (κ3) is 13.3. The van der Waals surface area contributed by atoms with Gasteiger partial charge in [0.25, 0.3) is 0 Å². The van der Waals surface area contributed by atoms with E-state index in [0.717, 1.165) is 18.4 Å². The number of allylic oxidation sites excluding steroid dienone is 1. The second-order valence-corrected chi connectivity index (χ2v) is 6.70. The lowest BCUT2D eigenvalue weighted by atomic mass is 10.1. The van der Waals surface area contributed by atoms with E-state index in [4.69, 9.17) is 4.74 Å². The minimum atomic E-state index is -0.271. The van der Waals surface area contributed by atoms with Gasteiger partial charge in [-0.1, -0.05) is 83.3 Å². The second kappa shape index (κ2) is 15.9. The zero-order chi connectivity index (χ0) is 18.0. The molecular weight excluding hydrogens is 310 g/mol. The highest BCUT2D eigenvalue weighted by atomic mass is 16.5. The first kappa shape index (κ1) is 21.4. The summed E-state index contributed by atoms with van der Waals surface area (Å²) in [6.45, 7) is 2.55. The third-order valence-electron chi connectivity index (χ3n) is 4.33. The van der Waals surface area contributed by atoms with Crippen molar-refractivity contribution < 1.29 is 9.53 Å². The molecule has 0 unspecified atom stereocenters. The lowest BCUT2D eigenvalue weighted by Gasteiger charge is -2.02. The molecule has 3 nitrogen and oxygen atoms in total. The zero-order valence-corrected chi connectivity index (χ0v) is 15.9. The van der Waals surface area contributed by atoms with Gasteiger partial charge in [-0.25, -0.2) is 4.79 Å². The summed E-state index contributed by atoms with van der Waals surface area (Å²) >= 11 is 0. The molecule has 0 amide bonds. The van der Waals surface area contributed by atoms with E-state index in [2.05, 4.69) is 11.9 Å². The summed E-state index contributed by atoms with van der Waals surface area (Å²) in [5.41, 5.74) is 0.912. The van der Waals surface area contributed by atoms with E-state index in [1.807, 2.05) is 18.2 Å². The number of carbonyl (C=O) groups is 1. The van der Waals surface area contributed by atoms with Crippen molar-refractivity contribution in [3.8, 4) is 0 Å². The summed E-state index contributed by atoms with van der Waals surface area (Å²) in [6, 6.07) is 3.74. The lowest BCUT2D eigenvalue weighted by Crippen LogP contribution is -2.00. The molecule has 0 spiro atoms. The zero-order valence-electron chi connectivity index (χ0n) is 15.9. The van der Waals surface area contributed by atoms with Crippen molar-refractivity contribution in [3.63, 3.8) is 0 Å². The Hall–Kier alpha value is -1.64. The second-order valence-electron chi connectivity index (χ2n) is 6.70. The van der Waals surface area contributed by atoms with Crippen LogP contribution >= 0.6 is 0 Å². The number of hydrogen-bond donors (Lipinski definition) is 0. The predicted octanol–water partition coefficient (Wildman–Crippen LogP) is 6.38. The maximum atomic E-state index is 11.6. The molecule has 0 fully saturated rings. The Kier molecular flexibility index (Phi) is 13.6. The van der Waals surface area contributed by atoms with Crippen LogP contribution in [0.3, 0.4) is 0 Å². The minimum Gasteiger partial charge on any atom is -0.458 e. The molecule has 3 heteroatoms. The molecule has 1 heterocycles. The number of pyridine rings is 1. The van der Waals surface area contributed by atoms with Crippen molar-refractivity contribution in [2.45, 2.75) is 90.6 Å². The Bertz CT molecular complexity index is 456. The van der Waals surface area contributed by atoms with Crippen molar-refractivity contribution in [2.75, 3.05) is 0 Å². The highest BCUT2D eigenvalue weighted by Crippen LogP contribution is 2.12. The number of nitrogens with zero attached hydrogens (tertiary/aromatic N) is 1. The molecule has 140 valence electrons. The SMILES string of the molecule is CCCCCCCCCCCCC/C=C/C(=O)OCc1cccnc1. The Balaban J connectivity index is 1.87. The van der Waals surface area contributed by atoms with E-state index >= 15 is 0 Å². The maximum absolute atomic E-state index is 11.6. The molecule has 0 aliphatic carbocycles. The quantitative estimate of drug-likeness (QED) is 0.210. The van der Waals surface area contributed by atoms with Crippen LogP contribution in [0.2, 0.25) is 0 Å². The van der Waals surface area contributed by atoms with E-state index < -0.39 is 0 Å². The number of carbonyl (C=O) groups excluding carboxylic acids is 1. The van der Waals surface area contributed by atoms with Crippen LogP contribution in [0.1, 0.15) is 89.5 Å². The summed E-state index contributed by atoms with van der Waals surface area (Å²) in [4.78, 5) is 15.6. The van der Waals surface area contributed by atoms with Crippen LogP contribution in [-0.2, 0) is 16.1 Å². The van der Waals surface area contributed by atoms with Crippen LogP contribution in [0.5, 0.6) is 0 Å². The van der Waals surface area contributed by atoms with E-state index in [1.165, 1.54) is 64.2 Å². The van der Waals surface area contributed by atoms with Crippen LogP contribution < -0.4 is 0 Å². The first-order valence-electron chi connectivity index (χ1n) is 10.0. The van der Waals surface area contributed by atoms with Gasteiger partial charge in [-0.3, -0.25) is 4.98 Å². The maximum Gasteiger partial charge on any atom is 0.330 e.